The lowest BCUT2D eigenvalue weighted by Crippen LogP contribution is -2.15. The van der Waals surface area contributed by atoms with E-state index in [4.69, 9.17) is 5.11 Å². The van der Waals surface area contributed by atoms with E-state index in [9.17, 15) is 14.9 Å². The number of nitrogens with zero attached hydrogens (tertiary/aromatic N) is 2. The van der Waals surface area contributed by atoms with E-state index in [1.807, 2.05) is 0 Å². The highest BCUT2D eigenvalue weighted by Gasteiger charge is 2.25. The second kappa shape index (κ2) is 6.21. The third-order valence-electron chi connectivity index (χ3n) is 3.44. The minimum atomic E-state index is -1.21. The van der Waals surface area contributed by atoms with Gasteiger partial charge in [-0.05, 0) is 18.8 Å². The van der Waals surface area contributed by atoms with E-state index in [2.05, 4.69) is 11.9 Å². The number of carbonyl (C=O) groups is 1. The van der Waals surface area contributed by atoms with Crippen molar-refractivity contribution in [2.24, 2.45) is 5.92 Å². The van der Waals surface area contributed by atoms with Crippen molar-refractivity contribution >= 4 is 23.4 Å². The van der Waals surface area contributed by atoms with Crippen LogP contribution in [0.5, 0.6) is 0 Å². The molecular weight excluding hydrogens is 280 g/mol. The summed E-state index contributed by atoms with van der Waals surface area (Å²) < 4.78 is 0. The van der Waals surface area contributed by atoms with Crippen LogP contribution in [0.4, 0.5) is 5.69 Å². The van der Waals surface area contributed by atoms with Crippen molar-refractivity contribution in [1.29, 1.82) is 0 Å². The molecule has 108 valence electrons. The number of aromatic carboxylic acids is 1. The molecule has 6 nitrogen and oxygen atoms in total. The summed E-state index contributed by atoms with van der Waals surface area (Å²) in [5, 5.41) is 20.6. The predicted octanol–water partition coefficient (Wildman–Crippen LogP) is 3.36. The second-order valence-corrected chi connectivity index (χ2v) is 6.41. The van der Waals surface area contributed by atoms with Crippen molar-refractivity contribution in [1.82, 2.24) is 4.98 Å². The molecule has 20 heavy (non-hydrogen) atoms. The molecule has 1 N–H and O–H groups in total. The van der Waals surface area contributed by atoms with Crippen LogP contribution in [0.2, 0.25) is 0 Å². The highest BCUT2D eigenvalue weighted by Crippen LogP contribution is 2.38. The van der Waals surface area contributed by atoms with Gasteiger partial charge in [0, 0.05) is 17.5 Å². The number of carboxylic acid groups (broad SMARTS) is 1. The molecule has 0 amide bonds. The third-order valence-corrected chi connectivity index (χ3v) is 4.74. The highest BCUT2D eigenvalue weighted by molar-refractivity contribution is 8.00. The van der Waals surface area contributed by atoms with Gasteiger partial charge in [-0.3, -0.25) is 10.1 Å². The lowest BCUT2D eigenvalue weighted by atomic mass is 9.91. The van der Waals surface area contributed by atoms with Gasteiger partial charge >= 0.3 is 11.7 Å². The first kappa shape index (κ1) is 14.8. The van der Waals surface area contributed by atoms with Crippen LogP contribution in [0.15, 0.2) is 17.3 Å². The first-order chi connectivity index (χ1) is 9.47. The zero-order valence-electron chi connectivity index (χ0n) is 11.1. The van der Waals surface area contributed by atoms with Crippen LogP contribution in [-0.2, 0) is 0 Å². The van der Waals surface area contributed by atoms with Crippen molar-refractivity contribution in [3.8, 4) is 0 Å². The number of thioether (sulfide) groups is 1. The average molecular weight is 296 g/mol. The maximum atomic E-state index is 11.1. The van der Waals surface area contributed by atoms with Gasteiger partial charge in [-0.1, -0.05) is 31.5 Å². The van der Waals surface area contributed by atoms with Gasteiger partial charge in [0.1, 0.15) is 0 Å². The summed E-state index contributed by atoms with van der Waals surface area (Å²) in [7, 11) is 0. The van der Waals surface area contributed by atoms with E-state index in [1.54, 1.807) is 0 Å². The first-order valence-electron chi connectivity index (χ1n) is 6.51. The quantitative estimate of drug-likeness (QED) is 0.676. The van der Waals surface area contributed by atoms with Gasteiger partial charge < -0.3 is 5.11 Å². The van der Waals surface area contributed by atoms with E-state index < -0.39 is 10.9 Å². The van der Waals surface area contributed by atoms with Gasteiger partial charge in [-0.15, -0.1) is 0 Å². The van der Waals surface area contributed by atoms with Crippen LogP contribution >= 0.6 is 11.8 Å². The molecule has 0 aliphatic heterocycles. The van der Waals surface area contributed by atoms with E-state index in [-0.39, 0.29) is 11.3 Å². The van der Waals surface area contributed by atoms with Gasteiger partial charge in [0.2, 0.25) is 0 Å². The van der Waals surface area contributed by atoms with Gasteiger partial charge in [0.25, 0.3) is 0 Å². The zero-order valence-corrected chi connectivity index (χ0v) is 11.9. The molecule has 7 heteroatoms. The number of nitro groups is 1. The Kier molecular flexibility index (Phi) is 4.59. The van der Waals surface area contributed by atoms with Crippen molar-refractivity contribution in [3.05, 3.63) is 27.9 Å². The summed E-state index contributed by atoms with van der Waals surface area (Å²) in [6.45, 7) is 2.18. The van der Waals surface area contributed by atoms with Crippen LogP contribution in [0.1, 0.15) is 43.0 Å². The Labute approximate surface area is 120 Å². The van der Waals surface area contributed by atoms with Gasteiger partial charge in [0.15, 0.2) is 5.03 Å². The Morgan fingerprint density at radius 1 is 1.55 bits per heavy atom. The Hall–Kier alpha value is -1.63. The van der Waals surface area contributed by atoms with Gasteiger partial charge in [0.05, 0.1) is 10.5 Å². The number of rotatable bonds is 4. The summed E-state index contributed by atoms with van der Waals surface area (Å²) >= 11 is 1.40. The van der Waals surface area contributed by atoms with Crippen LogP contribution in [0, 0.1) is 16.0 Å². The van der Waals surface area contributed by atoms with Gasteiger partial charge in [-0.25, -0.2) is 9.78 Å². The minimum absolute atomic E-state index is 0.155. The molecule has 1 saturated carbocycles. The second-order valence-electron chi connectivity index (χ2n) is 5.12. The molecule has 1 aliphatic rings. The predicted molar refractivity (Wildman–Crippen MR) is 75.1 cm³/mol. The molecule has 2 unspecified atom stereocenters. The summed E-state index contributed by atoms with van der Waals surface area (Å²) in [4.78, 5) is 25.3. The summed E-state index contributed by atoms with van der Waals surface area (Å²) in [5.74, 6) is -0.581. The molecule has 0 radical (unpaired) electrons. The minimum Gasteiger partial charge on any atom is -0.478 e. The first-order valence-corrected chi connectivity index (χ1v) is 7.39. The van der Waals surface area contributed by atoms with Crippen molar-refractivity contribution in [2.45, 2.75) is 42.9 Å². The van der Waals surface area contributed by atoms with E-state index >= 15 is 0 Å². The molecular formula is C13H16N2O4S. The highest BCUT2D eigenvalue weighted by atomic mass is 32.2. The maximum absolute atomic E-state index is 11.1. The standard InChI is InChI=1S/C13H16N2O4S/c1-8-3-2-4-10(5-8)20-12-11(15(18)19)6-9(7-14-12)13(16)17/h6-8,10H,2-5H2,1H3,(H,16,17). The number of carboxylic acids is 1. The van der Waals surface area contributed by atoms with E-state index in [0.717, 1.165) is 25.3 Å². The SMILES string of the molecule is CC1CCCC(Sc2ncc(C(=O)O)cc2[N+](=O)[O-])C1. The van der Waals surface area contributed by atoms with E-state index in [0.29, 0.717) is 16.2 Å². The summed E-state index contributed by atoms with van der Waals surface area (Å²) in [6.07, 6.45) is 5.55. The molecule has 1 aliphatic carbocycles. The molecule has 1 aromatic rings. The number of hydrogen-bond acceptors (Lipinski definition) is 5. The molecule has 0 aromatic carbocycles. The topological polar surface area (TPSA) is 93.3 Å². The third kappa shape index (κ3) is 3.47. The van der Waals surface area contributed by atoms with Crippen molar-refractivity contribution in [2.75, 3.05) is 0 Å². The fourth-order valence-electron chi connectivity index (χ4n) is 2.42. The normalized spacial score (nSPS) is 22.4. The molecule has 0 bridgehead atoms. The molecule has 2 atom stereocenters. The van der Waals surface area contributed by atoms with Crippen molar-refractivity contribution in [3.63, 3.8) is 0 Å². The Morgan fingerprint density at radius 3 is 2.90 bits per heavy atom. The molecule has 1 fully saturated rings. The zero-order chi connectivity index (χ0) is 14.7. The maximum Gasteiger partial charge on any atom is 0.337 e. The van der Waals surface area contributed by atoms with Crippen LogP contribution in [0.25, 0.3) is 0 Å². The van der Waals surface area contributed by atoms with Gasteiger partial charge in [-0.2, -0.15) is 0 Å². The Bertz CT molecular complexity index is 535. The molecule has 0 spiro atoms. The van der Waals surface area contributed by atoms with Crippen LogP contribution in [-0.4, -0.2) is 26.2 Å². The molecule has 1 aromatic heterocycles. The van der Waals surface area contributed by atoms with E-state index in [1.165, 1.54) is 24.4 Å². The molecule has 1 heterocycles. The summed E-state index contributed by atoms with van der Waals surface area (Å²) in [6, 6.07) is 1.09. The molecule has 2 rings (SSSR count). The monoisotopic (exact) mass is 296 g/mol. The number of pyridine rings is 1. The Morgan fingerprint density at radius 2 is 2.30 bits per heavy atom. The lowest BCUT2D eigenvalue weighted by Gasteiger charge is -2.25. The number of hydrogen-bond donors (Lipinski definition) is 1. The van der Waals surface area contributed by atoms with Crippen molar-refractivity contribution < 1.29 is 14.8 Å². The number of aromatic nitrogens is 1. The lowest BCUT2D eigenvalue weighted by molar-refractivity contribution is -0.388. The Balaban J connectivity index is 2.22. The largest absolute Gasteiger partial charge is 0.478 e. The average Bonchev–Trinajstić information content (AvgIpc) is 2.38. The van der Waals surface area contributed by atoms with Crippen LogP contribution in [0.3, 0.4) is 0 Å². The van der Waals surface area contributed by atoms with Crippen LogP contribution < -0.4 is 0 Å². The smallest absolute Gasteiger partial charge is 0.337 e. The fourth-order valence-corrected chi connectivity index (χ4v) is 3.82. The fraction of sp³-hybridized carbons (Fsp3) is 0.538. The summed E-state index contributed by atoms with van der Waals surface area (Å²) in [5.41, 5.74) is -0.369. The molecule has 0 saturated heterocycles.